The molecule has 0 radical (unpaired) electrons. The molecule has 1 aliphatic rings. The topological polar surface area (TPSA) is 97.7 Å². The van der Waals surface area contributed by atoms with Gasteiger partial charge in [0, 0.05) is 12.3 Å². The van der Waals surface area contributed by atoms with Crippen molar-refractivity contribution < 1.29 is 29.0 Å². The normalized spacial score (nSPS) is 21.5. The third-order valence-electron chi connectivity index (χ3n) is 6.00. The molecule has 0 spiro atoms. The van der Waals surface area contributed by atoms with E-state index in [0.29, 0.717) is 25.2 Å². The van der Waals surface area contributed by atoms with Crippen LogP contribution in [0.3, 0.4) is 0 Å². The maximum Gasteiger partial charge on any atom is 0.307 e. The van der Waals surface area contributed by atoms with E-state index >= 15 is 0 Å². The summed E-state index contributed by atoms with van der Waals surface area (Å²) in [7, 11) is 0. The summed E-state index contributed by atoms with van der Waals surface area (Å²) in [5.41, 5.74) is -2.51. The van der Waals surface area contributed by atoms with E-state index in [0.717, 1.165) is 0 Å². The van der Waals surface area contributed by atoms with Crippen molar-refractivity contribution in [1.82, 2.24) is 0 Å². The Morgan fingerprint density at radius 1 is 1.00 bits per heavy atom. The summed E-state index contributed by atoms with van der Waals surface area (Å²) >= 11 is 0. The molecule has 1 N–H and O–H groups in total. The lowest BCUT2D eigenvalue weighted by atomic mass is 9.79. The highest BCUT2D eigenvalue weighted by atomic mass is 16.6. The quantitative estimate of drug-likeness (QED) is 0.291. The van der Waals surface area contributed by atoms with E-state index in [1.807, 2.05) is 48.5 Å². The monoisotopic (exact) mass is 464 g/mol. The third-order valence-corrected chi connectivity index (χ3v) is 6.00. The zero-order valence-corrected chi connectivity index (χ0v) is 22.0. The Bertz CT molecular complexity index is 781. The predicted molar refractivity (Wildman–Crippen MR) is 129 cm³/mol. The number of carbonyl (C=O) groups is 4. The van der Waals surface area contributed by atoms with E-state index in [2.05, 4.69) is 0 Å². The van der Waals surface area contributed by atoms with Crippen LogP contribution < -0.4 is 0 Å². The van der Waals surface area contributed by atoms with E-state index in [9.17, 15) is 24.3 Å². The number of aliphatic hydroxyl groups excluding tert-OH is 1. The number of carbonyl (C=O) groups excluding carboxylic acids is 4. The first-order valence-electron chi connectivity index (χ1n) is 12.3. The molecule has 0 amide bonds. The molecule has 33 heavy (non-hydrogen) atoms. The Kier molecular flexibility index (Phi) is 10.1. The first kappa shape index (κ1) is 29.1. The molecule has 6 nitrogen and oxygen atoms in total. The molecule has 0 bridgehead atoms. The maximum atomic E-state index is 13.5. The Labute approximate surface area is 199 Å². The Morgan fingerprint density at radius 2 is 1.55 bits per heavy atom. The fraction of sp³-hybridized carbons (Fsp3) is 0.778. The molecular weight excluding hydrogens is 420 g/mol. The number of allylic oxidation sites excluding steroid dienone is 1. The van der Waals surface area contributed by atoms with Crippen molar-refractivity contribution in [3.8, 4) is 0 Å². The predicted octanol–water partition coefficient (Wildman–Crippen LogP) is 5.77. The summed E-state index contributed by atoms with van der Waals surface area (Å²) in [5.74, 6) is -3.26. The number of esters is 1. The smallest absolute Gasteiger partial charge is 0.307 e. The number of ether oxygens (including phenoxy) is 1. The van der Waals surface area contributed by atoms with Crippen molar-refractivity contribution in [2.45, 2.75) is 106 Å². The van der Waals surface area contributed by atoms with Crippen molar-refractivity contribution in [3.05, 3.63) is 11.3 Å². The van der Waals surface area contributed by atoms with Crippen LogP contribution in [-0.2, 0) is 23.9 Å². The Hall–Kier alpha value is -1.98. The molecule has 1 rings (SSSR count). The van der Waals surface area contributed by atoms with Gasteiger partial charge in [-0.1, -0.05) is 68.7 Å². The van der Waals surface area contributed by atoms with Crippen LogP contribution in [0.15, 0.2) is 11.3 Å². The Morgan fingerprint density at radius 3 is 2.00 bits per heavy atom. The van der Waals surface area contributed by atoms with Gasteiger partial charge in [-0.05, 0) is 30.1 Å². The fourth-order valence-corrected chi connectivity index (χ4v) is 4.14. The van der Waals surface area contributed by atoms with Gasteiger partial charge in [0.2, 0.25) is 0 Å². The first-order valence-corrected chi connectivity index (χ1v) is 12.3. The van der Waals surface area contributed by atoms with Crippen molar-refractivity contribution in [2.75, 3.05) is 0 Å². The van der Waals surface area contributed by atoms with Gasteiger partial charge in [0.25, 0.3) is 0 Å². The van der Waals surface area contributed by atoms with Crippen LogP contribution in [0, 0.1) is 29.1 Å². The molecule has 0 unspecified atom stereocenters. The highest BCUT2D eigenvalue weighted by Crippen LogP contribution is 2.47. The van der Waals surface area contributed by atoms with Gasteiger partial charge >= 0.3 is 5.97 Å². The molecule has 2 atom stereocenters. The van der Waals surface area contributed by atoms with Crippen molar-refractivity contribution in [3.63, 3.8) is 0 Å². The second kappa shape index (κ2) is 11.4. The average molecular weight is 465 g/mol. The van der Waals surface area contributed by atoms with Gasteiger partial charge in [-0.25, -0.2) is 0 Å². The lowest BCUT2D eigenvalue weighted by Gasteiger charge is -2.35. The number of hydrogen-bond acceptors (Lipinski definition) is 6. The van der Waals surface area contributed by atoms with Crippen molar-refractivity contribution in [2.24, 2.45) is 29.1 Å². The lowest BCUT2D eigenvalue weighted by molar-refractivity contribution is -0.169. The largest absolute Gasteiger partial charge is 0.507 e. The summed E-state index contributed by atoms with van der Waals surface area (Å²) in [6.07, 6.45) is 1.60. The van der Waals surface area contributed by atoms with Crippen molar-refractivity contribution >= 4 is 23.3 Å². The zero-order chi connectivity index (χ0) is 25.7. The van der Waals surface area contributed by atoms with E-state index < -0.39 is 40.7 Å². The molecule has 0 aromatic rings. The Balaban J connectivity index is 3.58. The van der Waals surface area contributed by atoms with Gasteiger partial charge < -0.3 is 9.84 Å². The van der Waals surface area contributed by atoms with Crippen LogP contribution in [0.4, 0.5) is 0 Å². The van der Waals surface area contributed by atoms with Crippen LogP contribution in [0.1, 0.15) is 101 Å². The molecule has 0 saturated heterocycles. The van der Waals surface area contributed by atoms with E-state index in [1.165, 1.54) is 0 Å². The average Bonchev–Trinajstić information content (AvgIpc) is 2.82. The summed E-state index contributed by atoms with van der Waals surface area (Å²) < 4.78 is 5.90. The molecule has 0 heterocycles. The van der Waals surface area contributed by atoms with Gasteiger partial charge in [0.05, 0.1) is 18.8 Å². The zero-order valence-electron chi connectivity index (χ0n) is 22.0. The molecule has 188 valence electrons. The van der Waals surface area contributed by atoms with Crippen LogP contribution in [0.2, 0.25) is 0 Å². The fourth-order valence-electron chi connectivity index (χ4n) is 4.14. The van der Waals surface area contributed by atoms with Gasteiger partial charge in [-0.3, -0.25) is 19.2 Å². The molecule has 0 aliphatic heterocycles. The molecular formula is C27H44O6. The summed E-state index contributed by atoms with van der Waals surface area (Å²) in [6, 6.07) is 0. The van der Waals surface area contributed by atoms with E-state index in [1.54, 1.807) is 13.8 Å². The van der Waals surface area contributed by atoms with Gasteiger partial charge in [-0.15, -0.1) is 0 Å². The molecule has 0 aromatic heterocycles. The highest BCUT2D eigenvalue weighted by molar-refractivity contribution is 6.24. The molecule has 0 fully saturated rings. The molecule has 1 aliphatic carbocycles. The minimum absolute atomic E-state index is 0.0563. The van der Waals surface area contributed by atoms with Crippen LogP contribution >= 0.6 is 0 Å². The lowest BCUT2D eigenvalue weighted by Crippen LogP contribution is -2.46. The second-order valence-electron chi connectivity index (χ2n) is 11.9. The summed E-state index contributed by atoms with van der Waals surface area (Å²) in [4.78, 5) is 52.3. The second-order valence-corrected chi connectivity index (χ2v) is 11.9. The minimum Gasteiger partial charge on any atom is -0.507 e. The highest BCUT2D eigenvalue weighted by Gasteiger charge is 2.59. The van der Waals surface area contributed by atoms with Crippen molar-refractivity contribution in [1.29, 1.82) is 0 Å². The van der Waals surface area contributed by atoms with Crippen LogP contribution in [0.5, 0.6) is 0 Å². The maximum absolute atomic E-state index is 13.5. The number of ketones is 3. The minimum atomic E-state index is -1.82. The molecule has 0 aromatic carbocycles. The van der Waals surface area contributed by atoms with Gasteiger partial charge in [0.15, 0.2) is 22.9 Å². The number of aliphatic hydroxyl groups is 1. The molecule has 0 saturated carbocycles. The number of Topliss-reactive ketones (excluding diaryl/α,β-unsaturated/α-hetero) is 3. The molecule has 6 heteroatoms. The first-order chi connectivity index (χ1) is 15.0. The van der Waals surface area contributed by atoms with Crippen LogP contribution in [-0.4, -0.2) is 34.0 Å². The van der Waals surface area contributed by atoms with Gasteiger partial charge in [0.1, 0.15) is 11.4 Å². The third kappa shape index (κ3) is 7.79. The summed E-state index contributed by atoms with van der Waals surface area (Å²) in [5, 5.41) is 11.3. The SMILES string of the molecule is CC(C)CCC(=O)C[C@@]1(OC(=O)CC(C)(C)C)C(O)=C(C(=O)C(C)C)C(=O)[C@@H]1CCC(C)C. The van der Waals surface area contributed by atoms with Crippen LogP contribution in [0.25, 0.3) is 0 Å². The van der Waals surface area contributed by atoms with Gasteiger partial charge in [-0.2, -0.15) is 0 Å². The summed E-state index contributed by atoms with van der Waals surface area (Å²) in [6.45, 7) is 17.0. The number of hydrogen-bond donors (Lipinski definition) is 1. The van der Waals surface area contributed by atoms with E-state index in [4.69, 9.17) is 4.74 Å². The number of rotatable bonds is 12. The van der Waals surface area contributed by atoms with E-state index in [-0.39, 0.29) is 42.0 Å². The standard InChI is InChI=1S/C27H44O6/c1-16(2)10-12-19(28)14-27(33-21(29)15-26(7,8)9)20(13-11-17(3)4)24(31)22(25(27)32)23(30)18(5)6/h16-18,20,32H,10-15H2,1-9H3/t20-,27-/m0/s1.